The van der Waals surface area contributed by atoms with Gasteiger partial charge in [0.05, 0.1) is 11.5 Å². The van der Waals surface area contributed by atoms with E-state index in [0.29, 0.717) is 11.5 Å². The van der Waals surface area contributed by atoms with Gasteiger partial charge in [-0.2, -0.15) is 0 Å². The zero-order valence-corrected chi connectivity index (χ0v) is 13.9. The van der Waals surface area contributed by atoms with Crippen molar-refractivity contribution < 1.29 is 13.2 Å². The first-order chi connectivity index (χ1) is 9.39. The number of sulfone groups is 1. The number of amides is 1. The van der Waals surface area contributed by atoms with Crippen LogP contribution in [0, 0.1) is 0 Å². The van der Waals surface area contributed by atoms with Gasteiger partial charge >= 0.3 is 0 Å². The highest BCUT2D eigenvalue weighted by atomic mass is 32.2. The zero-order chi connectivity index (χ0) is 15.9. The molecule has 120 valence electrons. The van der Waals surface area contributed by atoms with Crippen LogP contribution in [0.2, 0.25) is 0 Å². The largest absolute Gasteiger partial charge is 0.366 e. The molecule has 0 aromatic heterocycles. The number of nitrogens with two attached hydrogens (primary N) is 1. The van der Waals surface area contributed by atoms with E-state index < -0.39 is 15.7 Å². The molecule has 0 heterocycles. The summed E-state index contributed by atoms with van der Waals surface area (Å²) in [6, 6.07) is 0. The molecule has 20 heavy (non-hydrogen) atoms. The van der Waals surface area contributed by atoms with Gasteiger partial charge in [0, 0.05) is 0 Å². The van der Waals surface area contributed by atoms with Crippen molar-refractivity contribution in [1.29, 1.82) is 0 Å². The van der Waals surface area contributed by atoms with Crippen LogP contribution >= 0.6 is 0 Å². The van der Waals surface area contributed by atoms with Crippen LogP contribution < -0.4 is 5.73 Å². The van der Waals surface area contributed by atoms with Crippen LogP contribution in [0.4, 0.5) is 0 Å². The third-order valence-corrected chi connectivity index (χ3v) is 4.64. The van der Waals surface area contributed by atoms with Gasteiger partial charge in [-0.3, -0.25) is 4.79 Å². The lowest BCUT2D eigenvalue weighted by atomic mass is 10.2. The second kappa shape index (κ2) is 14.6. The van der Waals surface area contributed by atoms with Crippen molar-refractivity contribution in [3.63, 3.8) is 0 Å². The minimum Gasteiger partial charge on any atom is -0.366 e. The lowest BCUT2D eigenvalue weighted by molar-refractivity contribution is -0.113. The molecule has 4 nitrogen and oxygen atoms in total. The Bertz CT molecular complexity index is 319. The van der Waals surface area contributed by atoms with E-state index in [1.807, 2.05) is 0 Å². The smallest absolute Gasteiger partial charge is 0.240 e. The van der Waals surface area contributed by atoms with Crippen LogP contribution in [-0.2, 0) is 14.6 Å². The summed E-state index contributed by atoms with van der Waals surface area (Å²) in [6.45, 7) is 7.36. The first-order valence-electron chi connectivity index (χ1n) is 7.51. The van der Waals surface area contributed by atoms with Gasteiger partial charge in [-0.05, 0) is 18.9 Å². The molecule has 0 aliphatic rings. The number of hydrogen-bond donors (Lipinski definition) is 1. The Labute approximate surface area is 124 Å². The fraction of sp³-hybridized carbons (Fsp3) is 0.800. The summed E-state index contributed by atoms with van der Waals surface area (Å²) in [5.74, 6) is 0.322. The van der Waals surface area contributed by atoms with E-state index in [0.717, 1.165) is 57.4 Å². The number of rotatable bonds is 11. The molecule has 0 aromatic carbocycles. The average Bonchev–Trinajstić information content (AvgIpc) is 2.40. The Balaban J connectivity index is 0. The fourth-order valence-corrected chi connectivity index (χ4v) is 3.09. The summed E-state index contributed by atoms with van der Waals surface area (Å²) in [5.41, 5.74) is 4.53. The Morgan fingerprint density at radius 1 is 0.950 bits per heavy atom. The average molecular weight is 305 g/mol. The summed E-state index contributed by atoms with van der Waals surface area (Å²) in [7, 11) is -2.74. The lowest BCUT2D eigenvalue weighted by Crippen LogP contribution is -2.11. The lowest BCUT2D eigenvalue weighted by Gasteiger charge is -2.03. The number of unbranched alkanes of at least 4 members (excludes halogenated alkanes) is 6. The van der Waals surface area contributed by atoms with Gasteiger partial charge in [-0.1, -0.05) is 59.0 Å². The quantitative estimate of drug-likeness (QED) is 0.470. The molecule has 2 N–H and O–H groups in total. The topological polar surface area (TPSA) is 77.2 Å². The highest BCUT2D eigenvalue weighted by Crippen LogP contribution is 2.06. The van der Waals surface area contributed by atoms with Crippen LogP contribution in [-0.4, -0.2) is 25.8 Å². The van der Waals surface area contributed by atoms with Crippen molar-refractivity contribution in [2.24, 2.45) is 5.73 Å². The fourth-order valence-electron chi connectivity index (χ4n) is 1.60. The molecule has 0 radical (unpaired) electrons. The Hall–Kier alpha value is -0.840. The maximum atomic E-state index is 11.6. The maximum absolute atomic E-state index is 11.6. The van der Waals surface area contributed by atoms with Crippen LogP contribution in [0.5, 0.6) is 0 Å². The zero-order valence-electron chi connectivity index (χ0n) is 13.1. The van der Waals surface area contributed by atoms with Crippen molar-refractivity contribution in [3.05, 3.63) is 12.7 Å². The molecule has 0 bridgehead atoms. The maximum Gasteiger partial charge on any atom is 0.240 e. The van der Waals surface area contributed by atoms with Gasteiger partial charge in [-0.25, -0.2) is 8.42 Å². The molecule has 0 spiro atoms. The first kappa shape index (κ1) is 21.5. The summed E-state index contributed by atoms with van der Waals surface area (Å²) in [4.78, 5) is 9.47. The molecule has 1 amide bonds. The predicted molar refractivity (Wildman–Crippen MR) is 86.3 cm³/mol. The van der Waals surface area contributed by atoms with E-state index in [1.54, 1.807) is 0 Å². The van der Waals surface area contributed by atoms with Crippen LogP contribution in [0.3, 0.4) is 0 Å². The minimum absolute atomic E-state index is 0.402. The molecule has 0 fully saturated rings. The van der Waals surface area contributed by atoms with Gasteiger partial charge in [-0.15, -0.1) is 0 Å². The van der Waals surface area contributed by atoms with Gasteiger partial charge in [0.15, 0.2) is 0 Å². The van der Waals surface area contributed by atoms with Crippen molar-refractivity contribution in [2.75, 3.05) is 11.5 Å². The molecular formula is C15H31NO3S. The van der Waals surface area contributed by atoms with Gasteiger partial charge in [0.2, 0.25) is 5.91 Å². The number of primary amides is 1. The van der Waals surface area contributed by atoms with Gasteiger partial charge in [0.25, 0.3) is 0 Å². The van der Waals surface area contributed by atoms with E-state index >= 15 is 0 Å². The second-order valence-electron chi connectivity index (χ2n) is 4.88. The Kier molecular flexibility index (Phi) is 15.6. The molecule has 0 saturated heterocycles. The summed E-state index contributed by atoms with van der Waals surface area (Å²) >= 11 is 0. The van der Waals surface area contributed by atoms with E-state index in [9.17, 15) is 13.2 Å². The van der Waals surface area contributed by atoms with E-state index in [1.165, 1.54) is 0 Å². The summed E-state index contributed by atoms with van der Waals surface area (Å²) in [6.07, 6.45) is 9.52. The Morgan fingerprint density at radius 3 is 1.55 bits per heavy atom. The van der Waals surface area contributed by atoms with Gasteiger partial charge in [0.1, 0.15) is 9.84 Å². The van der Waals surface area contributed by atoms with Crippen molar-refractivity contribution in [2.45, 2.75) is 65.2 Å². The molecule has 5 heteroatoms. The normalized spacial score (nSPS) is 10.5. The monoisotopic (exact) mass is 305 g/mol. The third kappa shape index (κ3) is 19.5. The SMILES string of the molecule is C=CC(N)=O.CCCCCCS(=O)(=O)CCCCCC. The number of carbonyl (C=O) groups excluding carboxylic acids is 1. The number of carbonyl (C=O) groups is 1. The van der Waals surface area contributed by atoms with E-state index in [-0.39, 0.29) is 0 Å². The third-order valence-electron chi connectivity index (χ3n) is 2.82. The van der Waals surface area contributed by atoms with E-state index in [4.69, 9.17) is 0 Å². The van der Waals surface area contributed by atoms with E-state index in [2.05, 4.69) is 26.2 Å². The molecular weight excluding hydrogens is 274 g/mol. The molecule has 0 unspecified atom stereocenters. The molecule has 0 saturated carbocycles. The molecule has 0 aromatic rings. The van der Waals surface area contributed by atoms with Crippen molar-refractivity contribution in [1.82, 2.24) is 0 Å². The van der Waals surface area contributed by atoms with Gasteiger partial charge < -0.3 is 5.73 Å². The van der Waals surface area contributed by atoms with Crippen molar-refractivity contribution >= 4 is 15.7 Å². The molecule has 0 atom stereocenters. The van der Waals surface area contributed by atoms with Crippen LogP contribution in [0.15, 0.2) is 12.7 Å². The summed E-state index contributed by atoms with van der Waals surface area (Å²) in [5, 5.41) is 0. The Morgan fingerprint density at radius 2 is 1.30 bits per heavy atom. The molecule has 0 aliphatic carbocycles. The highest BCUT2D eigenvalue weighted by molar-refractivity contribution is 7.91. The predicted octanol–water partition coefficient (Wildman–Crippen LogP) is 3.22. The molecule has 0 aliphatic heterocycles. The molecule has 0 rings (SSSR count). The second-order valence-corrected chi connectivity index (χ2v) is 7.18. The van der Waals surface area contributed by atoms with Crippen LogP contribution in [0.1, 0.15) is 65.2 Å². The minimum atomic E-state index is -2.74. The number of hydrogen-bond acceptors (Lipinski definition) is 3. The standard InChI is InChI=1S/C12H26O2S.C3H5NO/c1-3-5-7-9-11-15(13,14)12-10-8-6-4-2;1-2-3(4)5/h3-12H2,1-2H3;2H,1H2,(H2,4,5). The van der Waals surface area contributed by atoms with Crippen LogP contribution in [0.25, 0.3) is 0 Å². The first-order valence-corrected chi connectivity index (χ1v) is 9.34. The summed E-state index contributed by atoms with van der Waals surface area (Å²) < 4.78 is 23.1. The highest BCUT2D eigenvalue weighted by Gasteiger charge is 2.09. The van der Waals surface area contributed by atoms with Crippen molar-refractivity contribution in [3.8, 4) is 0 Å².